The summed E-state index contributed by atoms with van der Waals surface area (Å²) in [6.07, 6.45) is 0. The number of esters is 2. The molecule has 13 heteroatoms. The molecule has 0 saturated carbocycles. The van der Waals surface area contributed by atoms with Gasteiger partial charge in [-0.25, -0.2) is 9.59 Å². The van der Waals surface area contributed by atoms with Crippen LogP contribution in [0.2, 0.25) is 0 Å². The SMILES string of the molecule is COC(=O)c1c(C(C)=O)c2cc(-c3ccc(-c4cc5c(C(=O)OC)c(C(C)=O)c6ccsc6c5s4)c4nsnc34)sc2c2sccc12. The zero-order chi connectivity index (χ0) is 32.7. The summed E-state index contributed by atoms with van der Waals surface area (Å²) in [5.41, 5.74) is 4.38. The first-order valence-electron chi connectivity index (χ1n) is 14.1. The number of nitrogens with zero attached hydrogens (tertiary/aromatic N) is 2. The van der Waals surface area contributed by atoms with E-state index in [0.717, 1.165) is 56.8 Å². The summed E-state index contributed by atoms with van der Waals surface area (Å²) < 4.78 is 23.3. The Bertz CT molecular complexity index is 2670. The lowest BCUT2D eigenvalue weighted by molar-refractivity contribution is 0.0592. The van der Waals surface area contributed by atoms with Gasteiger partial charge in [0.05, 0.1) is 55.9 Å². The number of rotatable bonds is 6. The zero-order valence-corrected chi connectivity index (χ0v) is 29.1. The highest BCUT2D eigenvalue weighted by Crippen LogP contribution is 2.48. The molecule has 5 aromatic heterocycles. The van der Waals surface area contributed by atoms with Gasteiger partial charge in [0.2, 0.25) is 0 Å². The Labute approximate surface area is 286 Å². The van der Waals surface area contributed by atoms with Crippen molar-refractivity contribution in [2.45, 2.75) is 13.8 Å². The van der Waals surface area contributed by atoms with Crippen LogP contribution in [-0.2, 0) is 9.47 Å². The second kappa shape index (κ2) is 11.1. The minimum Gasteiger partial charge on any atom is -0.465 e. The molecule has 5 heterocycles. The van der Waals surface area contributed by atoms with E-state index < -0.39 is 11.9 Å². The standard InChI is InChI=1S/C34H20N2O6S5/c1-13(37)23-17-7-9-43-29(17)32-20(26(23)34(40)42-4)12-22(46-32)16-6-5-15(27-28(16)36-47-35-27)21-11-19-24(14(2)38)25(33(39)41-3)18-8-10-44-30(18)31(19)45-21/h5-12H,1-4H3. The van der Waals surface area contributed by atoms with Crippen molar-refractivity contribution in [2.24, 2.45) is 0 Å². The van der Waals surface area contributed by atoms with Crippen molar-refractivity contribution in [3.63, 3.8) is 0 Å². The number of Topliss-reactive ketones (excluding diaryl/α,β-unsaturated/α-hetero) is 2. The number of aromatic nitrogens is 2. The molecule has 0 amide bonds. The van der Waals surface area contributed by atoms with Crippen LogP contribution in [0, 0.1) is 0 Å². The van der Waals surface area contributed by atoms with Crippen molar-refractivity contribution in [2.75, 3.05) is 14.2 Å². The number of hydrogen-bond acceptors (Lipinski definition) is 13. The lowest BCUT2D eigenvalue weighted by atomic mass is 9.96. The number of methoxy groups -OCH3 is 2. The van der Waals surface area contributed by atoms with Crippen molar-refractivity contribution in [1.82, 2.24) is 8.75 Å². The first-order valence-corrected chi connectivity index (χ1v) is 18.2. The summed E-state index contributed by atoms with van der Waals surface area (Å²) in [7, 11) is 2.64. The summed E-state index contributed by atoms with van der Waals surface area (Å²) in [4.78, 5) is 53.6. The predicted molar refractivity (Wildman–Crippen MR) is 193 cm³/mol. The second-order valence-electron chi connectivity index (χ2n) is 10.8. The molecule has 0 bridgehead atoms. The number of ether oxygens (including phenoxy) is 2. The topological polar surface area (TPSA) is 113 Å². The molecule has 47 heavy (non-hydrogen) atoms. The van der Waals surface area contributed by atoms with Gasteiger partial charge >= 0.3 is 11.9 Å². The highest BCUT2D eigenvalue weighted by atomic mass is 32.1. The molecule has 232 valence electrons. The largest absolute Gasteiger partial charge is 0.465 e. The number of carbonyl (C=O) groups is 4. The molecule has 0 aliphatic heterocycles. The quantitative estimate of drug-likeness (QED) is 0.124. The first kappa shape index (κ1) is 30.0. The van der Waals surface area contributed by atoms with Gasteiger partial charge in [-0.05, 0) is 48.9 Å². The molecular formula is C34H20N2O6S5. The molecule has 8 rings (SSSR count). The van der Waals surface area contributed by atoms with Gasteiger partial charge < -0.3 is 9.47 Å². The Balaban J connectivity index is 1.36. The van der Waals surface area contributed by atoms with Crippen LogP contribution in [0.25, 0.3) is 72.3 Å². The molecule has 0 aliphatic rings. The summed E-state index contributed by atoms with van der Waals surface area (Å²) in [5, 5.41) is 6.65. The minimum absolute atomic E-state index is 0.200. The van der Waals surface area contributed by atoms with Gasteiger partial charge in [-0.3, -0.25) is 9.59 Å². The molecule has 0 fully saturated rings. The lowest BCUT2D eigenvalue weighted by Crippen LogP contribution is -2.09. The normalized spacial score (nSPS) is 11.7. The van der Waals surface area contributed by atoms with Gasteiger partial charge in [0.1, 0.15) is 11.0 Å². The summed E-state index contributed by atoms with van der Waals surface area (Å²) in [6.45, 7) is 2.93. The van der Waals surface area contributed by atoms with Crippen LogP contribution in [0.5, 0.6) is 0 Å². The van der Waals surface area contributed by atoms with Gasteiger partial charge in [-0.15, -0.1) is 45.3 Å². The summed E-state index contributed by atoms with van der Waals surface area (Å²) in [5.74, 6) is -1.52. The molecule has 3 aromatic carbocycles. The van der Waals surface area contributed by atoms with Crippen molar-refractivity contribution in [3.05, 3.63) is 69.4 Å². The van der Waals surface area contributed by atoms with E-state index in [0.29, 0.717) is 38.3 Å². The van der Waals surface area contributed by atoms with Gasteiger partial charge in [0.15, 0.2) is 11.6 Å². The third-order valence-electron chi connectivity index (χ3n) is 8.21. The third kappa shape index (κ3) is 4.34. The van der Waals surface area contributed by atoms with E-state index in [1.54, 1.807) is 11.3 Å². The highest BCUT2D eigenvalue weighted by Gasteiger charge is 2.28. The van der Waals surface area contributed by atoms with E-state index in [1.807, 2.05) is 47.2 Å². The Morgan fingerprint density at radius 3 is 1.47 bits per heavy atom. The Kier molecular flexibility index (Phi) is 7.08. The first-order chi connectivity index (χ1) is 22.7. The predicted octanol–water partition coefficient (Wildman–Crippen LogP) is 9.86. The number of carbonyl (C=O) groups excluding carboxylic acids is 4. The van der Waals surface area contributed by atoms with Crippen LogP contribution in [0.3, 0.4) is 0 Å². The van der Waals surface area contributed by atoms with Gasteiger partial charge in [0.25, 0.3) is 0 Å². The monoisotopic (exact) mass is 712 g/mol. The Hall–Kier alpha value is -4.40. The van der Waals surface area contributed by atoms with E-state index >= 15 is 0 Å². The molecule has 0 aliphatic carbocycles. The molecule has 0 N–H and O–H groups in total. The lowest BCUT2D eigenvalue weighted by Gasteiger charge is -2.09. The molecule has 0 atom stereocenters. The van der Waals surface area contributed by atoms with Crippen molar-refractivity contribution in [1.29, 1.82) is 0 Å². The number of hydrogen-bond donors (Lipinski definition) is 0. The van der Waals surface area contributed by atoms with Crippen molar-refractivity contribution in [3.8, 4) is 20.9 Å². The molecule has 8 nitrogen and oxygen atoms in total. The van der Waals surface area contributed by atoms with Gasteiger partial charge in [0, 0.05) is 53.6 Å². The average molecular weight is 713 g/mol. The number of ketones is 2. The molecule has 0 saturated heterocycles. The maximum atomic E-state index is 13.1. The molecule has 0 spiro atoms. The van der Waals surface area contributed by atoms with E-state index in [2.05, 4.69) is 0 Å². The highest BCUT2D eigenvalue weighted by molar-refractivity contribution is 7.29. The zero-order valence-electron chi connectivity index (χ0n) is 25.0. The minimum atomic E-state index is -0.557. The second-order valence-corrected chi connectivity index (χ2v) is 15.2. The van der Waals surface area contributed by atoms with Crippen LogP contribution < -0.4 is 0 Å². The van der Waals surface area contributed by atoms with Crippen LogP contribution in [0.15, 0.2) is 47.2 Å². The number of fused-ring (bicyclic) bond motifs is 7. The van der Waals surface area contributed by atoms with Crippen LogP contribution >= 0.6 is 57.1 Å². The third-order valence-corrected chi connectivity index (χ3v) is 13.2. The van der Waals surface area contributed by atoms with E-state index in [4.69, 9.17) is 18.2 Å². The molecule has 8 aromatic rings. The summed E-state index contributed by atoms with van der Waals surface area (Å²) in [6, 6.07) is 11.6. The van der Waals surface area contributed by atoms with Gasteiger partial charge in [-0.1, -0.05) is 12.1 Å². The number of benzene rings is 3. The van der Waals surface area contributed by atoms with Crippen LogP contribution in [0.4, 0.5) is 0 Å². The molecule has 0 unspecified atom stereocenters. The maximum absolute atomic E-state index is 13.1. The number of thiophene rings is 4. The summed E-state index contributed by atoms with van der Waals surface area (Å²) >= 11 is 7.24. The fourth-order valence-electron chi connectivity index (χ4n) is 6.28. The molecular weight excluding hydrogens is 693 g/mol. The molecule has 0 radical (unpaired) electrons. The Morgan fingerprint density at radius 2 is 1.00 bits per heavy atom. The average Bonchev–Trinajstić information content (AvgIpc) is 3.89. The smallest absolute Gasteiger partial charge is 0.339 e. The van der Waals surface area contributed by atoms with E-state index in [1.165, 1.54) is 62.1 Å². The van der Waals surface area contributed by atoms with Crippen molar-refractivity contribution < 1.29 is 28.7 Å². The van der Waals surface area contributed by atoms with Crippen LogP contribution in [0.1, 0.15) is 55.3 Å². The van der Waals surface area contributed by atoms with E-state index in [-0.39, 0.29) is 22.7 Å². The van der Waals surface area contributed by atoms with Gasteiger partial charge in [-0.2, -0.15) is 8.75 Å². The fraction of sp³-hybridized carbons (Fsp3) is 0.118. The van der Waals surface area contributed by atoms with Crippen LogP contribution in [-0.4, -0.2) is 46.5 Å². The maximum Gasteiger partial charge on any atom is 0.339 e. The fourth-order valence-corrected chi connectivity index (χ4v) is 11.4. The van der Waals surface area contributed by atoms with Crippen molar-refractivity contribution >= 4 is 132 Å². The Morgan fingerprint density at radius 1 is 0.574 bits per heavy atom. The van der Waals surface area contributed by atoms with E-state index in [9.17, 15) is 19.2 Å².